The SMILES string of the molecule is [CH2-]Oc1ccccc1.[Lr]. The van der Waals surface area contributed by atoms with Crippen molar-refractivity contribution in [1.82, 2.24) is 0 Å². The van der Waals surface area contributed by atoms with Crippen molar-refractivity contribution >= 4 is 0 Å². The summed E-state index contributed by atoms with van der Waals surface area (Å²) in [6, 6.07) is 9.45. The number of hydrogen-bond donors (Lipinski definition) is 0. The van der Waals surface area contributed by atoms with E-state index >= 15 is 0 Å². The van der Waals surface area contributed by atoms with Crippen molar-refractivity contribution in [1.29, 1.82) is 0 Å². The molecule has 0 heterocycles. The van der Waals surface area contributed by atoms with E-state index in [1.807, 2.05) is 30.3 Å². The summed E-state index contributed by atoms with van der Waals surface area (Å²) in [6.45, 7) is 0. The molecule has 0 N–H and O–H groups in total. The fourth-order valence-electron chi connectivity index (χ4n) is 0.517. The first kappa shape index (κ1) is 7.02. The van der Waals surface area contributed by atoms with Crippen LogP contribution in [0.4, 0.5) is 0 Å². The van der Waals surface area contributed by atoms with Crippen molar-refractivity contribution in [2.24, 2.45) is 0 Å². The number of ether oxygens (including phenoxy) is 1. The van der Waals surface area contributed by atoms with Gasteiger partial charge in [0.25, 0.3) is 0 Å². The van der Waals surface area contributed by atoms with Crippen molar-refractivity contribution in [3.05, 3.63) is 37.4 Å². The molecule has 0 aliphatic rings. The Balaban J connectivity index is 0.000000640. The second-order valence-electron chi connectivity index (χ2n) is 1.46. The smallest absolute Gasteiger partial charge is 0.0843 e. The van der Waals surface area contributed by atoms with Crippen LogP contribution in [0.25, 0.3) is 0 Å². The normalized spacial score (nSPS) is 7.67. The van der Waals surface area contributed by atoms with Gasteiger partial charge in [0.05, 0.1) is 5.75 Å². The molecule has 0 bridgehead atoms. The summed E-state index contributed by atoms with van der Waals surface area (Å²) in [5.41, 5.74) is 0. The van der Waals surface area contributed by atoms with Gasteiger partial charge in [0.15, 0.2) is 0 Å². The minimum absolute atomic E-state index is 0. The third kappa shape index (κ3) is 1.51. The summed E-state index contributed by atoms with van der Waals surface area (Å²) in [7, 11) is 3.26. The van der Waals surface area contributed by atoms with Gasteiger partial charge in [-0.2, -0.15) is 7.11 Å². The molecule has 1 aromatic carbocycles. The minimum atomic E-state index is 0. The van der Waals surface area contributed by atoms with Crippen LogP contribution in [-0.4, -0.2) is 0 Å². The van der Waals surface area contributed by atoms with Crippen molar-refractivity contribution in [2.75, 3.05) is 0 Å². The van der Waals surface area contributed by atoms with Gasteiger partial charge in [-0.1, -0.05) is 18.2 Å². The zero-order chi connectivity index (χ0) is 5.82. The molecule has 0 aliphatic carbocycles. The van der Waals surface area contributed by atoms with Crippen molar-refractivity contribution in [3.63, 3.8) is 0 Å². The number of benzene rings is 1. The van der Waals surface area contributed by atoms with Crippen LogP contribution in [0, 0.1) is 7.11 Å². The number of hydrogen-bond acceptors (Lipinski definition) is 1. The number of para-hydroxylation sites is 1. The van der Waals surface area contributed by atoms with E-state index in [2.05, 4.69) is 11.8 Å². The second-order valence-corrected chi connectivity index (χ2v) is 1.46. The summed E-state index contributed by atoms with van der Waals surface area (Å²) in [4.78, 5) is 0. The Morgan fingerprint density at radius 1 is 1.11 bits per heavy atom. The van der Waals surface area contributed by atoms with E-state index in [0.29, 0.717) is 0 Å². The van der Waals surface area contributed by atoms with Crippen LogP contribution in [0.5, 0.6) is 5.75 Å². The quantitative estimate of drug-likeness (QED) is 0.687. The predicted molar refractivity (Wildman–Crippen MR) is 32.4 cm³/mol. The Morgan fingerprint density at radius 3 is 2.00 bits per heavy atom. The molecule has 0 atom stereocenters. The first-order valence-corrected chi connectivity index (χ1v) is 2.40. The Kier molecular flexibility index (Phi) is 2.40. The molecular formula is C7H7LrO-. The van der Waals surface area contributed by atoms with Crippen LogP contribution in [0.1, 0.15) is 0 Å². The number of rotatable bonds is 1. The third-order valence-electron chi connectivity index (χ3n) is 0.910. The molecule has 0 saturated carbocycles. The molecule has 1 radical (unpaired) electrons. The average molecular weight is 369 g/mol. The van der Waals surface area contributed by atoms with Crippen LogP contribution in [0.3, 0.4) is 0 Å². The van der Waals surface area contributed by atoms with Gasteiger partial charge in [0.1, 0.15) is 0 Å². The molecule has 1 rings (SSSR count). The summed E-state index contributed by atoms with van der Waals surface area (Å²) >= 11 is 0. The Morgan fingerprint density at radius 2 is 1.67 bits per heavy atom. The monoisotopic (exact) mass is 369 g/mol. The molecule has 0 spiro atoms. The van der Waals surface area contributed by atoms with E-state index < -0.39 is 0 Å². The van der Waals surface area contributed by atoms with Crippen LogP contribution in [0.15, 0.2) is 30.3 Å². The zero-order valence-corrected chi connectivity index (χ0v) is 6.91. The van der Waals surface area contributed by atoms with Gasteiger partial charge < -0.3 is 4.74 Å². The largest absolute Gasteiger partial charge is 0.665 e. The molecule has 9 heavy (non-hydrogen) atoms. The molecule has 57 valence electrons. The Hall–Kier alpha value is -1.98. The van der Waals surface area contributed by atoms with Crippen molar-refractivity contribution in [2.45, 2.75) is 0 Å². The molecule has 0 amide bonds. The Labute approximate surface area is 48.9 Å². The molecule has 1 nitrogen and oxygen atoms in total. The topological polar surface area (TPSA) is 9.23 Å². The standard InChI is InChI=1S/C7H7O.Lr/c1-8-7-5-3-2-4-6-7;/h2-6H,1H2;/q-1;. The molecule has 2 heteroatoms. The van der Waals surface area contributed by atoms with Gasteiger partial charge in [-0.15, -0.1) is 0 Å². The zero-order valence-electron chi connectivity index (χ0n) is 4.76. The Bertz CT molecular complexity index is 150. The summed E-state index contributed by atoms with van der Waals surface area (Å²) in [5.74, 6) is 0.799. The summed E-state index contributed by atoms with van der Waals surface area (Å²) in [6.07, 6.45) is 0. The summed E-state index contributed by atoms with van der Waals surface area (Å²) in [5, 5.41) is 0. The van der Waals surface area contributed by atoms with Gasteiger partial charge >= 0.3 is 0 Å². The molecule has 0 unspecified atom stereocenters. The average Bonchev–Trinajstić information content (AvgIpc) is 1.90. The second kappa shape index (κ2) is 3.08. The molecule has 0 aliphatic heterocycles. The van der Waals surface area contributed by atoms with Crippen LogP contribution in [0.2, 0.25) is 0 Å². The van der Waals surface area contributed by atoms with Crippen LogP contribution >= 0.6 is 0 Å². The van der Waals surface area contributed by atoms with Gasteiger partial charge in [0.2, 0.25) is 0 Å². The maximum absolute atomic E-state index is 4.66. The van der Waals surface area contributed by atoms with E-state index in [4.69, 9.17) is 0 Å². The van der Waals surface area contributed by atoms with E-state index in [0.717, 1.165) is 5.75 Å². The van der Waals surface area contributed by atoms with Gasteiger partial charge in [-0.25, -0.2) is 0 Å². The van der Waals surface area contributed by atoms with Gasteiger partial charge in [0, 0.05) is 0 Å². The van der Waals surface area contributed by atoms with E-state index in [9.17, 15) is 0 Å². The molecule has 1 aromatic rings. The summed E-state index contributed by atoms with van der Waals surface area (Å²) < 4.78 is 4.66. The van der Waals surface area contributed by atoms with Crippen molar-refractivity contribution in [3.8, 4) is 5.75 Å². The van der Waals surface area contributed by atoms with Crippen LogP contribution in [-0.2, 0) is 0 Å². The van der Waals surface area contributed by atoms with E-state index in [-0.39, 0.29) is 0 Å². The predicted octanol–water partition coefficient (Wildman–Crippen LogP) is 1.86. The fourth-order valence-corrected chi connectivity index (χ4v) is 0.517. The van der Waals surface area contributed by atoms with Gasteiger partial charge in [-0.3, -0.25) is 0 Å². The maximum atomic E-state index is 4.66. The first-order chi connectivity index (χ1) is 3.93. The molecule has 0 aromatic heterocycles. The van der Waals surface area contributed by atoms with Crippen LogP contribution < -0.4 is 4.74 Å². The fraction of sp³-hybridized carbons (Fsp3) is 0. The van der Waals surface area contributed by atoms with Crippen molar-refractivity contribution < 1.29 is 4.74 Å². The minimum Gasteiger partial charge on any atom is -0.665 e. The van der Waals surface area contributed by atoms with E-state index in [1.54, 1.807) is 0 Å². The molecule has 0 fully saturated rings. The maximum Gasteiger partial charge on any atom is 0.0843 e. The van der Waals surface area contributed by atoms with Gasteiger partial charge in [-0.05, 0) is 12.1 Å². The molecule has 0 saturated heterocycles. The first-order valence-electron chi connectivity index (χ1n) is 2.40. The van der Waals surface area contributed by atoms with E-state index in [1.165, 1.54) is 0 Å². The molecular weight excluding hydrogens is 362 g/mol. The third-order valence-corrected chi connectivity index (χ3v) is 0.910.